The third-order valence-electron chi connectivity index (χ3n) is 3.44. The molecule has 0 atom stereocenters. The van der Waals surface area contributed by atoms with Gasteiger partial charge in [0.2, 0.25) is 0 Å². The van der Waals surface area contributed by atoms with Crippen LogP contribution in [0.2, 0.25) is 10.0 Å². The lowest BCUT2D eigenvalue weighted by atomic mass is 10.1. The first kappa shape index (κ1) is 13.3. The number of pyridine rings is 1. The highest BCUT2D eigenvalue weighted by atomic mass is 35.5. The Kier molecular flexibility index (Phi) is 3.36. The molecule has 1 aromatic carbocycles. The number of nitrogens with zero attached hydrogens (tertiary/aromatic N) is 3. The predicted octanol–water partition coefficient (Wildman–Crippen LogP) is 3.56. The second-order valence-electron chi connectivity index (χ2n) is 4.72. The number of nitrogens with two attached hydrogens (primary N) is 1. The SMILES string of the molecule is CN1CCN(c2nc(N)c(Cl)cc2Cl)c2ccccc21. The average molecular weight is 309 g/mol. The van der Waals surface area contributed by atoms with Gasteiger partial charge in [0, 0.05) is 20.1 Å². The predicted molar refractivity (Wildman–Crippen MR) is 85.4 cm³/mol. The van der Waals surface area contributed by atoms with Crippen molar-refractivity contribution in [2.24, 2.45) is 0 Å². The molecule has 2 N–H and O–H groups in total. The number of rotatable bonds is 1. The van der Waals surface area contributed by atoms with Crippen molar-refractivity contribution in [2.75, 3.05) is 35.7 Å². The monoisotopic (exact) mass is 308 g/mol. The van der Waals surface area contributed by atoms with Crippen LogP contribution >= 0.6 is 23.2 Å². The van der Waals surface area contributed by atoms with Crippen LogP contribution in [0.4, 0.5) is 23.0 Å². The summed E-state index contributed by atoms with van der Waals surface area (Å²) >= 11 is 12.2. The van der Waals surface area contributed by atoms with Gasteiger partial charge in [-0.3, -0.25) is 0 Å². The van der Waals surface area contributed by atoms with Gasteiger partial charge < -0.3 is 15.5 Å². The number of nitrogen functional groups attached to an aromatic ring is 1. The second kappa shape index (κ2) is 5.04. The normalized spacial score (nSPS) is 14.3. The first-order valence-corrected chi connectivity index (χ1v) is 7.02. The van der Waals surface area contributed by atoms with E-state index in [1.165, 1.54) is 0 Å². The lowest BCUT2D eigenvalue weighted by Gasteiger charge is -2.36. The molecule has 0 amide bonds. The van der Waals surface area contributed by atoms with E-state index in [1.54, 1.807) is 6.07 Å². The van der Waals surface area contributed by atoms with E-state index in [9.17, 15) is 0 Å². The molecule has 0 aliphatic carbocycles. The molecular formula is C14H14Cl2N4. The Balaban J connectivity index is 2.12. The number of fused-ring (bicyclic) bond motifs is 1. The maximum absolute atomic E-state index is 6.28. The molecule has 0 spiro atoms. The molecule has 6 heteroatoms. The summed E-state index contributed by atoms with van der Waals surface area (Å²) in [4.78, 5) is 8.62. The Morgan fingerprint density at radius 2 is 1.80 bits per heavy atom. The molecule has 0 fully saturated rings. The lowest BCUT2D eigenvalue weighted by Crippen LogP contribution is -2.37. The molecule has 0 radical (unpaired) electrons. The quantitative estimate of drug-likeness (QED) is 0.875. The average Bonchev–Trinajstić information content (AvgIpc) is 2.44. The van der Waals surface area contributed by atoms with Crippen LogP contribution in [-0.4, -0.2) is 25.1 Å². The van der Waals surface area contributed by atoms with E-state index >= 15 is 0 Å². The number of hydrogen-bond acceptors (Lipinski definition) is 4. The summed E-state index contributed by atoms with van der Waals surface area (Å²) in [5, 5.41) is 0.879. The van der Waals surface area contributed by atoms with Crippen molar-refractivity contribution in [2.45, 2.75) is 0 Å². The number of aromatic nitrogens is 1. The van der Waals surface area contributed by atoms with Crippen LogP contribution in [0, 0.1) is 0 Å². The zero-order chi connectivity index (χ0) is 14.3. The standard InChI is InChI=1S/C14H14Cl2N4/c1-19-6-7-20(12-5-3-2-4-11(12)19)14-10(16)8-9(15)13(17)18-14/h2-5,8H,6-7H2,1H3,(H2,17,18). The van der Waals surface area contributed by atoms with Gasteiger partial charge in [0.05, 0.1) is 21.4 Å². The van der Waals surface area contributed by atoms with Crippen LogP contribution in [0.3, 0.4) is 0 Å². The van der Waals surface area contributed by atoms with Crippen LogP contribution in [0.5, 0.6) is 0 Å². The van der Waals surface area contributed by atoms with Crippen LogP contribution < -0.4 is 15.5 Å². The molecule has 0 saturated carbocycles. The molecular weight excluding hydrogens is 295 g/mol. The fraction of sp³-hybridized carbons (Fsp3) is 0.214. The number of anilines is 4. The summed E-state index contributed by atoms with van der Waals surface area (Å²) in [6.07, 6.45) is 0. The van der Waals surface area contributed by atoms with E-state index < -0.39 is 0 Å². The molecule has 104 valence electrons. The number of halogens is 2. The highest BCUT2D eigenvalue weighted by Crippen LogP contribution is 2.40. The van der Waals surface area contributed by atoms with E-state index in [0.29, 0.717) is 21.7 Å². The summed E-state index contributed by atoms with van der Waals surface area (Å²) in [5.41, 5.74) is 8.02. The van der Waals surface area contributed by atoms with Crippen molar-refractivity contribution in [1.29, 1.82) is 0 Å². The molecule has 1 aliphatic rings. The third-order valence-corrected chi connectivity index (χ3v) is 4.02. The minimum Gasteiger partial charge on any atom is -0.382 e. The minimum atomic E-state index is 0.294. The smallest absolute Gasteiger partial charge is 0.154 e. The van der Waals surface area contributed by atoms with Gasteiger partial charge in [-0.1, -0.05) is 35.3 Å². The molecule has 0 unspecified atom stereocenters. The van der Waals surface area contributed by atoms with E-state index in [4.69, 9.17) is 28.9 Å². The van der Waals surface area contributed by atoms with Crippen LogP contribution in [0.15, 0.2) is 30.3 Å². The Bertz CT molecular complexity index is 660. The Morgan fingerprint density at radius 1 is 1.10 bits per heavy atom. The van der Waals surface area contributed by atoms with Gasteiger partial charge in [0.1, 0.15) is 5.82 Å². The van der Waals surface area contributed by atoms with E-state index in [1.807, 2.05) is 18.2 Å². The van der Waals surface area contributed by atoms with E-state index in [2.05, 4.69) is 27.9 Å². The van der Waals surface area contributed by atoms with Crippen molar-refractivity contribution in [3.8, 4) is 0 Å². The summed E-state index contributed by atoms with van der Waals surface area (Å²) < 4.78 is 0. The zero-order valence-corrected chi connectivity index (χ0v) is 12.5. The number of benzene rings is 1. The number of likely N-dealkylation sites (N-methyl/N-ethyl adjacent to an activating group) is 1. The summed E-state index contributed by atoms with van der Waals surface area (Å²) in [5.74, 6) is 0.941. The molecule has 0 bridgehead atoms. The maximum Gasteiger partial charge on any atom is 0.154 e. The lowest BCUT2D eigenvalue weighted by molar-refractivity contribution is 0.814. The Labute approximate surface area is 127 Å². The van der Waals surface area contributed by atoms with Gasteiger partial charge >= 0.3 is 0 Å². The minimum absolute atomic E-state index is 0.294. The number of hydrogen-bond donors (Lipinski definition) is 1. The van der Waals surface area contributed by atoms with Gasteiger partial charge in [-0.2, -0.15) is 0 Å². The fourth-order valence-corrected chi connectivity index (χ4v) is 2.85. The molecule has 4 nitrogen and oxygen atoms in total. The van der Waals surface area contributed by atoms with Gasteiger partial charge in [0.15, 0.2) is 5.82 Å². The Morgan fingerprint density at radius 3 is 2.55 bits per heavy atom. The molecule has 1 aliphatic heterocycles. The van der Waals surface area contributed by atoms with Crippen molar-refractivity contribution < 1.29 is 0 Å². The van der Waals surface area contributed by atoms with Crippen molar-refractivity contribution in [3.05, 3.63) is 40.4 Å². The fourth-order valence-electron chi connectivity index (χ4n) is 2.39. The molecule has 20 heavy (non-hydrogen) atoms. The third kappa shape index (κ3) is 2.15. The largest absolute Gasteiger partial charge is 0.382 e. The van der Waals surface area contributed by atoms with Crippen LogP contribution in [0.25, 0.3) is 0 Å². The van der Waals surface area contributed by atoms with Crippen LogP contribution in [0.1, 0.15) is 0 Å². The second-order valence-corrected chi connectivity index (χ2v) is 5.54. The van der Waals surface area contributed by atoms with Gasteiger partial charge in [-0.25, -0.2) is 4.98 Å². The maximum atomic E-state index is 6.28. The molecule has 1 aromatic heterocycles. The van der Waals surface area contributed by atoms with Crippen molar-refractivity contribution in [3.63, 3.8) is 0 Å². The topological polar surface area (TPSA) is 45.4 Å². The van der Waals surface area contributed by atoms with Gasteiger partial charge in [-0.15, -0.1) is 0 Å². The molecule has 2 heterocycles. The van der Waals surface area contributed by atoms with Crippen molar-refractivity contribution >= 4 is 46.2 Å². The molecule has 0 saturated heterocycles. The van der Waals surface area contributed by atoms with E-state index in [-0.39, 0.29) is 0 Å². The zero-order valence-electron chi connectivity index (χ0n) is 11.0. The Hall–Kier alpha value is -1.65. The summed E-state index contributed by atoms with van der Waals surface area (Å²) in [7, 11) is 2.07. The summed E-state index contributed by atoms with van der Waals surface area (Å²) in [6.45, 7) is 1.68. The highest BCUT2D eigenvalue weighted by Gasteiger charge is 2.24. The van der Waals surface area contributed by atoms with E-state index in [0.717, 1.165) is 24.5 Å². The summed E-state index contributed by atoms with van der Waals surface area (Å²) in [6, 6.07) is 9.78. The first-order chi connectivity index (χ1) is 9.58. The first-order valence-electron chi connectivity index (χ1n) is 6.27. The van der Waals surface area contributed by atoms with Crippen molar-refractivity contribution in [1.82, 2.24) is 4.98 Å². The molecule has 3 rings (SSSR count). The molecule has 2 aromatic rings. The van der Waals surface area contributed by atoms with Crippen LogP contribution in [-0.2, 0) is 0 Å². The highest BCUT2D eigenvalue weighted by molar-refractivity contribution is 6.37. The van der Waals surface area contributed by atoms with Gasteiger partial charge in [0.25, 0.3) is 0 Å². The van der Waals surface area contributed by atoms with Gasteiger partial charge in [-0.05, 0) is 18.2 Å². The number of para-hydroxylation sites is 2.